The topological polar surface area (TPSA) is 39.2 Å². The summed E-state index contributed by atoms with van der Waals surface area (Å²) in [7, 11) is 0. The van der Waals surface area contributed by atoms with E-state index in [0.717, 1.165) is 16.3 Å². The lowest BCUT2D eigenvalue weighted by molar-refractivity contribution is -0.128. The summed E-state index contributed by atoms with van der Waals surface area (Å²) in [6.45, 7) is 0. The van der Waals surface area contributed by atoms with E-state index < -0.39 is 5.97 Å². The summed E-state index contributed by atoms with van der Waals surface area (Å²) >= 11 is 0. The van der Waals surface area contributed by atoms with E-state index in [0.29, 0.717) is 5.75 Å². The smallest absolute Gasteiger partial charge is 0.336 e. The molecule has 1 aromatic heterocycles. The Labute approximate surface area is 122 Å². The molecule has 2 aromatic carbocycles. The van der Waals surface area contributed by atoms with Crippen molar-refractivity contribution < 1.29 is 9.53 Å². The highest BCUT2D eigenvalue weighted by Crippen LogP contribution is 2.19. The van der Waals surface area contributed by atoms with E-state index >= 15 is 0 Å². The first-order chi connectivity index (χ1) is 10.3. The summed E-state index contributed by atoms with van der Waals surface area (Å²) in [5.41, 5.74) is 0.983. The van der Waals surface area contributed by atoms with E-state index in [1.807, 2.05) is 42.5 Å². The van der Waals surface area contributed by atoms with Gasteiger partial charge in [0.2, 0.25) is 0 Å². The fourth-order valence-corrected chi connectivity index (χ4v) is 2.11. The molecule has 102 valence electrons. The molecule has 0 atom stereocenters. The van der Waals surface area contributed by atoms with Gasteiger partial charge in [-0.1, -0.05) is 42.5 Å². The van der Waals surface area contributed by atoms with Crippen LogP contribution in [-0.2, 0) is 4.79 Å². The van der Waals surface area contributed by atoms with E-state index in [2.05, 4.69) is 4.98 Å². The minimum Gasteiger partial charge on any atom is -0.422 e. The fraction of sp³-hybridized carbons (Fsp3) is 0. The number of hydrogen-bond acceptors (Lipinski definition) is 3. The Bertz CT molecular complexity index is 789. The molecule has 1 heterocycles. The highest BCUT2D eigenvalue weighted by Gasteiger charge is 2.01. The minimum atomic E-state index is -0.420. The number of carbonyl (C=O) groups excluding carboxylic acids is 1. The van der Waals surface area contributed by atoms with Crippen LogP contribution >= 0.6 is 0 Å². The lowest BCUT2D eigenvalue weighted by Crippen LogP contribution is -2.03. The van der Waals surface area contributed by atoms with E-state index in [1.54, 1.807) is 24.4 Å². The zero-order valence-corrected chi connectivity index (χ0v) is 11.3. The van der Waals surface area contributed by atoms with Gasteiger partial charge in [-0.2, -0.15) is 0 Å². The van der Waals surface area contributed by atoms with Crippen LogP contribution in [0.1, 0.15) is 5.56 Å². The normalized spacial score (nSPS) is 10.9. The second-order valence-electron chi connectivity index (χ2n) is 4.51. The average Bonchev–Trinajstić information content (AvgIpc) is 2.54. The summed E-state index contributed by atoms with van der Waals surface area (Å²) in [5.74, 6) is 0.0148. The van der Waals surface area contributed by atoms with Gasteiger partial charge in [0, 0.05) is 12.3 Å². The largest absolute Gasteiger partial charge is 0.422 e. The van der Waals surface area contributed by atoms with Crippen molar-refractivity contribution in [3.63, 3.8) is 0 Å². The van der Waals surface area contributed by atoms with Crippen LogP contribution in [0.15, 0.2) is 73.1 Å². The number of nitrogens with zero attached hydrogens (tertiary/aromatic N) is 1. The standard InChI is InChI=1S/C18H13NO2/c20-18(21-16-8-4-12-19-13-16)11-10-15-7-3-6-14-5-1-2-9-17(14)15/h1-13H. The van der Waals surface area contributed by atoms with Crippen LogP contribution in [0, 0.1) is 0 Å². The molecule has 0 aliphatic rings. The molecule has 0 saturated carbocycles. The second-order valence-corrected chi connectivity index (χ2v) is 4.51. The molecule has 0 radical (unpaired) electrons. The highest BCUT2D eigenvalue weighted by atomic mass is 16.5. The summed E-state index contributed by atoms with van der Waals surface area (Å²) < 4.78 is 5.16. The van der Waals surface area contributed by atoms with Crippen molar-refractivity contribution in [2.75, 3.05) is 0 Å². The predicted octanol–water partition coefficient (Wildman–Crippen LogP) is 3.85. The number of esters is 1. The zero-order valence-electron chi connectivity index (χ0n) is 11.3. The Morgan fingerprint density at radius 3 is 2.71 bits per heavy atom. The number of rotatable bonds is 3. The van der Waals surface area contributed by atoms with E-state index in [-0.39, 0.29) is 0 Å². The Hall–Kier alpha value is -2.94. The second kappa shape index (κ2) is 6.01. The average molecular weight is 275 g/mol. The molecule has 3 heteroatoms. The van der Waals surface area contributed by atoms with Crippen molar-refractivity contribution in [3.05, 3.63) is 78.6 Å². The van der Waals surface area contributed by atoms with Crippen LogP contribution in [0.5, 0.6) is 5.75 Å². The number of fused-ring (bicyclic) bond motifs is 1. The SMILES string of the molecule is O=C(C=Cc1cccc2ccccc12)Oc1cccnc1. The molecule has 0 aliphatic carbocycles. The Kier molecular flexibility index (Phi) is 3.74. The molecule has 3 aromatic rings. The maximum Gasteiger partial charge on any atom is 0.336 e. The predicted molar refractivity (Wildman–Crippen MR) is 82.9 cm³/mol. The van der Waals surface area contributed by atoms with Crippen LogP contribution in [0.2, 0.25) is 0 Å². The summed E-state index contributed by atoms with van der Waals surface area (Å²) in [6.07, 6.45) is 6.32. The third-order valence-corrected chi connectivity index (χ3v) is 3.08. The van der Waals surface area contributed by atoms with Crippen LogP contribution in [0.3, 0.4) is 0 Å². The number of carbonyl (C=O) groups is 1. The molecule has 0 saturated heterocycles. The van der Waals surface area contributed by atoms with Gasteiger partial charge < -0.3 is 4.74 Å². The van der Waals surface area contributed by atoms with Crippen LogP contribution in [-0.4, -0.2) is 11.0 Å². The summed E-state index contributed by atoms with van der Waals surface area (Å²) in [4.78, 5) is 15.7. The number of pyridine rings is 1. The van der Waals surface area contributed by atoms with Crippen LogP contribution < -0.4 is 4.74 Å². The maximum atomic E-state index is 11.8. The molecule has 0 N–H and O–H groups in total. The highest BCUT2D eigenvalue weighted by molar-refractivity contribution is 5.95. The van der Waals surface area contributed by atoms with Crippen molar-refractivity contribution in [1.29, 1.82) is 0 Å². The maximum absolute atomic E-state index is 11.8. The first-order valence-electron chi connectivity index (χ1n) is 6.60. The fourth-order valence-electron chi connectivity index (χ4n) is 2.11. The van der Waals surface area contributed by atoms with Crippen molar-refractivity contribution >= 4 is 22.8 Å². The minimum absolute atomic E-state index is 0.420. The lowest BCUT2D eigenvalue weighted by atomic mass is 10.0. The monoisotopic (exact) mass is 275 g/mol. The van der Waals surface area contributed by atoms with Gasteiger partial charge in [0.15, 0.2) is 0 Å². The molecule has 0 unspecified atom stereocenters. The third kappa shape index (κ3) is 3.15. The van der Waals surface area contributed by atoms with Crippen molar-refractivity contribution in [2.24, 2.45) is 0 Å². The number of ether oxygens (including phenoxy) is 1. The molecule has 0 amide bonds. The van der Waals surface area contributed by atoms with E-state index in [4.69, 9.17) is 4.74 Å². The Morgan fingerprint density at radius 1 is 1.00 bits per heavy atom. The molecular formula is C18H13NO2. The first kappa shape index (κ1) is 13.1. The van der Waals surface area contributed by atoms with E-state index in [1.165, 1.54) is 12.3 Å². The zero-order chi connectivity index (χ0) is 14.5. The quantitative estimate of drug-likeness (QED) is 0.538. The van der Waals surface area contributed by atoms with Gasteiger partial charge in [-0.3, -0.25) is 4.98 Å². The number of benzene rings is 2. The van der Waals surface area contributed by atoms with Gasteiger partial charge in [0.25, 0.3) is 0 Å². The van der Waals surface area contributed by atoms with Gasteiger partial charge in [0.05, 0.1) is 6.20 Å². The molecule has 0 bridgehead atoms. The number of aromatic nitrogens is 1. The molecular weight excluding hydrogens is 262 g/mol. The molecule has 3 rings (SSSR count). The molecule has 3 nitrogen and oxygen atoms in total. The molecule has 0 aliphatic heterocycles. The van der Waals surface area contributed by atoms with Crippen LogP contribution in [0.25, 0.3) is 16.8 Å². The van der Waals surface area contributed by atoms with Gasteiger partial charge in [-0.05, 0) is 34.5 Å². The first-order valence-corrected chi connectivity index (χ1v) is 6.60. The van der Waals surface area contributed by atoms with Crippen molar-refractivity contribution in [2.45, 2.75) is 0 Å². The van der Waals surface area contributed by atoms with Gasteiger partial charge in [-0.25, -0.2) is 4.79 Å². The Morgan fingerprint density at radius 2 is 1.86 bits per heavy atom. The van der Waals surface area contributed by atoms with Crippen LogP contribution in [0.4, 0.5) is 0 Å². The van der Waals surface area contributed by atoms with E-state index in [9.17, 15) is 4.79 Å². The summed E-state index contributed by atoms with van der Waals surface area (Å²) in [6, 6.07) is 17.4. The molecule has 0 fully saturated rings. The lowest BCUT2D eigenvalue weighted by Gasteiger charge is -2.02. The number of hydrogen-bond donors (Lipinski definition) is 0. The van der Waals surface area contributed by atoms with Gasteiger partial charge >= 0.3 is 5.97 Å². The van der Waals surface area contributed by atoms with Gasteiger partial charge in [-0.15, -0.1) is 0 Å². The van der Waals surface area contributed by atoms with Crippen molar-refractivity contribution in [1.82, 2.24) is 4.98 Å². The third-order valence-electron chi connectivity index (χ3n) is 3.08. The van der Waals surface area contributed by atoms with Gasteiger partial charge in [0.1, 0.15) is 5.75 Å². The summed E-state index contributed by atoms with van der Waals surface area (Å²) in [5, 5.41) is 2.24. The Balaban J connectivity index is 1.80. The molecule has 0 spiro atoms. The van der Waals surface area contributed by atoms with Crippen molar-refractivity contribution in [3.8, 4) is 5.75 Å². The molecule has 21 heavy (non-hydrogen) atoms.